The van der Waals surface area contributed by atoms with E-state index in [9.17, 15) is 4.39 Å². The number of nitrogens with one attached hydrogen (secondary N) is 1. The van der Waals surface area contributed by atoms with Gasteiger partial charge in [0.15, 0.2) is 5.96 Å². The van der Waals surface area contributed by atoms with E-state index in [0.717, 1.165) is 13.0 Å². The van der Waals surface area contributed by atoms with E-state index in [4.69, 9.17) is 11.1 Å². The molecular weight excluding hydrogens is 133 g/mol. The summed E-state index contributed by atoms with van der Waals surface area (Å²) < 4.78 is 12.0. The van der Waals surface area contributed by atoms with Crippen LogP contribution in [0.25, 0.3) is 0 Å². The molecule has 0 aliphatic carbocycles. The maximum absolute atomic E-state index is 12.0. The van der Waals surface area contributed by atoms with Crippen molar-refractivity contribution in [2.75, 3.05) is 19.8 Å². The van der Waals surface area contributed by atoms with Gasteiger partial charge in [-0.1, -0.05) is 0 Å². The van der Waals surface area contributed by atoms with Gasteiger partial charge < -0.3 is 10.6 Å². The highest BCUT2D eigenvalue weighted by molar-refractivity contribution is 5.74. The molecule has 1 atom stereocenters. The molecule has 1 rings (SSSR count). The second-order valence-corrected chi connectivity index (χ2v) is 2.64. The fourth-order valence-corrected chi connectivity index (χ4v) is 1.18. The van der Waals surface area contributed by atoms with Crippen LogP contribution >= 0.6 is 0 Å². The summed E-state index contributed by atoms with van der Waals surface area (Å²) >= 11 is 0. The van der Waals surface area contributed by atoms with Crippen LogP contribution in [0.3, 0.4) is 0 Å². The van der Waals surface area contributed by atoms with Crippen LogP contribution in [-0.2, 0) is 0 Å². The van der Waals surface area contributed by atoms with Crippen LogP contribution < -0.4 is 5.73 Å². The van der Waals surface area contributed by atoms with Gasteiger partial charge in [-0.25, -0.2) is 0 Å². The molecule has 58 valence electrons. The lowest BCUT2D eigenvalue weighted by Gasteiger charge is -2.14. The van der Waals surface area contributed by atoms with Crippen molar-refractivity contribution in [3.05, 3.63) is 0 Å². The predicted molar refractivity (Wildman–Crippen MR) is 37.6 cm³/mol. The van der Waals surface area contributed by atoms with E-state index < -0.39 is 0 Å². The standard InChI is InChI=1S/C6H12FN3/c7-3-5-1-2-10(4-5)6(8)9/h5H,1-4H2,(H3,8,9)/t5-/m1/s1. The van der Waals surface area contributed by atoms with Crippen molar-refractivity contribution >= 4 is 5.96 Å². The predicted octanol–water partition coefficient (Wildman–Crippen LogP) is 0.171. The molecule has 0 spiro atoms. The zero-order valence-corrected chi connectivity index (χ0v) is 5.81. The fraction of sp³-hybridized carbons (Fsp3) is 0.833. The average Bonchev–Trinajstić information content (AvgIpc) is 2.34. The van der Waals surface area contributed by atoms with Gasteiger partial charge in [-0.3, -0.25) is 9.80 Å². The van der Waals surface area contributed by atoms with Crippen molar-refractivity contribution in [1.82, 2.24) is 4.90 Å². The molecule has 0 saturated carbocycles. The van der Waals surface area contributed by atoms with Gasteiger partial charge in [0.2, 0.25) is 0 Å². The number of rotatable bonds is 1. The molecule has 3 nitrogen and oxygen atoms in total. The van der Waals surface area contributed by atoms with Crippen LogP contribution in [0.5, 0.6) is 0 Å². The van der Waals surface area contributed by atoms with Gasteiger partial charge in [-0.15, -0.1) is 0 Å². The molecular formula is C6H12FN3. The second-order valence-electron chi connectivity index (χ2n) is 2.64. The lowest BCUT2D eigenvalue weighted by Crippen LogP contribution is -2.34. The van der Waals surface area contributed by atoms with Crippen LogP contribution in [0.4, 0.5) is 4.39 Å². The van der Waals surface area contributed by atoms with Crippen molar-refractivity contribution in [1.29, 1.82) is 5.41 Å². The Kier molecular flexibility index (Phi) is 2.09. The summed E-state index contributed by atoms with van der Waals surface area (Å²) in [5.41, 5.74) is 5.20. The van der Waals surface area contributed by atoms with Crippen molar-refractivity contribution < 1.29 is 4.39 Å². The summed E-state index contributed by atoms with van der Waals surface area (Å²) in [6.07, 6.45) is 0.829. The Balaban J connectivity index is 2.35. The molecule has 4 heteroatoms. The third-order valence-corrected chi connectivity index (χ3v) is 1.84. The normalized spacial score (nSPS) is 25.3. The third-order valence-electron chi connectivity index (χ3n) is 1.84. The van der Waals surface area contributed by atoms with Gasteiger partial charge in [0.1, 0.15) is 0 Å². The summed E-state index contributed by atoms with van der Waals surface area (Å²) in [5.74, 6) is 0.167. The first-order valence-corrected chi connectivity index (χ1v) is 3.39. The van der Waals surface area contributed by atoms with Gasteiger partial charge in [0.05, 0.1) is 6.67 Å². The summed E-state index contributed by atoms with van der Waals surface area (Å²) in [5, 5.41) is 7.04. The van der Waals surface area contributed by atoms with Crippen molar-refractivity contribution in [2.24, 2.45) is 11.7 Å². The Labute approximate surface area is 59.5 Å². The molecule has 1 fully saturated rings. The largest absolute Gasteiger partial charge is 0.370 e. The molecule has 0 unspecified atom stereocenters. The first kappa shape index (κ1) is 7.31. The maximum Gasteiger partial charge on any atom is 0.188 e. The quantitative estimate of drug-likeness (QED) is 0.408. The SMILES string of the molecule is N=C(N)N1CC[C@H](CF)C1. The molecule has 0 radical (unpaired) electrons. The minimum absolute atomic E-state index is 0.0657. The summed E-state index contributed by atoms with van der Waals surface area (Å²) in [6.45, 7) is 1.07. The zero-order chi connectivity index (χ0) is 7.56. The molecule has 1 aliphatic rings. The molecule has 3 N–H and O–H groups in total. The maximum atomic E-state index is 12.0. The Morgan fingerprint density at radius 1 is 1.80 bits per heavy atom. The van der Waals surface area contributed by atoms with Gasteiger partial charge >= 0.3 is 0 Å². The molecule has 0 aromatic heterocycles. The third kappa shape index (κ3) is 1.37. The summed E-state index contributed by atoms with van der Waals surface area (Å²) in [4.78, 5) is 1.70. The molecule has 0 bridgehead atoms. The van der Waals surface area contributed by atoms with E-state index in [1.807, 2.05) is 0 Å². The highest BCUT2D eigenvalue weighted by Crippen LogP contribution is 2.15. The molecule has 0 aromatic rings. The number of halogens is 1. The van der Waals surface area contributed by atoms with E-state index in [2.05, 4.69) is 0 Å². The average molecular weight is 145 g/mol. The lowest BCUT2D eigenvalue weighted by molar-refractivity contribution is 0.364. The van der Waals surface area contributed by atoms with Crippen LogP contribution in [0.2, 0.25) is 0 Å². The van der Waals surface area contributed by atoms with Gasteiger partial charge in [0, 0.05) is 19.0 Å². The van der Waals surface area contributed by atoms with Crippen molar-refractivity contribution in [2.45, 2.75) is 6.42 Å². The molecule has 0 amide bonds. The van der Waals surface area contributed by atoms with Crippen LogP contribution in [0.1, 0.15) is 6.42 Å². The van der Waals surface area contributed by atoms with Crippen molar-refractivity contribution in [3.8, 4) is 0 Å². The van der Waals surface area contributed by atoms with E-state index in [0.29, 0.717) is 6.54 Å². The summed E-state index contributed by atoms with van der Waals surface area (Å²) in [7, 11) is 0. The monoisotopic (exact) mass is 145 g/mol. The van der Waals surface area contributed by atoms with Crippen LogP contribution in [0.15, 0.2) is 0 Å². The Morgan fingerprint density at radius 3 is 2.80 bits per heavy atom. The molecule has 1 saturated heterocycles. The number of hydrogen-bond acceptors (Lipinski definition) is 1. The lowest BCUT2D eigenvalue weighted by atomic mass is 10.1. The zero-order valence-electron chi connectivity index (χ0n) is 5.81. The number of alkyl halides is 1. The first-order chi connectivity index (χ1) is 4.74. The highest BCUT2D eigenvalue weighted by Gasteiger charge is 2.22. The van der Waals surface area contributed by atoms with E-state index in [1.165, 1.54) is 0 Å². The minimum atomic E-state index is -0.288. The number of hydrogen-bond donors (Lipinski definition) is 2. The number of nitrogens with zero attached hydrogens (tertiary/aromatic N) is 1. The minimum Gasteiger partial charge on any atom is -0.370 e. The van der Waals surface area contributed by atoms with E-state index in [1.54, 1.807) is 4.90 Å². The Morgan fingerprint density at radius 2 is 2.50 bits per heavy atom. The molecule has 0 aromatic carbocycles. The van der Waals surface area contributed by atoms with Crippen LogP contribution in [-0.4, -0.2) is 30.6 Å². The number of guanidine groups is 1. The Bertz CT molecular complexity index is 137. The fourth-order valence-electron chi connectivity index (χ4n) is 1.18. The summed E-state index contributed by atoms with van der Waals surface area (Å²) in [6, 6.07) is 0. The van der Waals surface area contributed by atoms with E-state index >= 15 is 0 Å². The van der Waals surface area contributed by atoms with E-state index in [-0.39, 0.29) is 18.6 Å². The topological polar surface area (TPSA) is 53.1 Å². The second kappa shape index (κ2) is 2.86. The highest BCUT2D eigenvalue weighted by atomic mass is 19.1. The van der Waals surface area contributed by atoms with Gasteiger partial charge in [-0.2, -0.15) is 0 Å². The number of likely N-dealkylation sites (tertiary alicyclic amines) is 1. The smallest absolute Gasteiger partial charge is 0.188 e. The van der Waals surface area contributed by atoms with Crippen molar-refractivity contribution in [3.63, 3.8) is 0 Å². The van der Waals surface area contributed by atoms with Gasteiger partial charge in [-0.05, 0) is 6.42 Å². The molecule has 1 heterocycles. The number of nitrogens with two attached hydrogens (primary N) is 1. The van der Waals surface area contributed by atoms with Gasteiger partial charge in [0.25, 0.3) is 0 Å². The first-order valence-electron chi connectivity index (χ1n) is 3.39. The Hall–Kier alpha value is -0.800. The van der Waals surface area contributed by atoms with Crippen LogP contribution in [0, 0.1) is 11.3 Å². The molecule has 1 aliphatic heterocycles. The molecule has 10 heavy (non-hydrogen) atoms.